The van der Waals surface area contributed by atoms with Gasteiger partial charge in [-0.15, -0.1) is 0 Å². The van der Waals surface area contributed by atoms with Crippen LogP contribution in [0.1, 0.15) is 20.3 Å². The minimum atomic E-state index is -0.362. The molecule has 0 saturated heterocycles. The molecule has 1 N–H and O–H groups in total. The Bertz CT molecular complexity index is 669. The molecule has 1 atom stereocenters. The number of aromatic nitrogens is 2. The second-order valence-corrected chi connectivity index (χ2v) is 5.35. The lowest BCUT2D eigenvalue weighted by molar-refractivity contribution is -0.142. The van der Waals surface area contributed by atoms with Crippen LogP contribution in [0.3, 0.4) is 0 Å². The number of rotatable bonds is 5. The van der Waals surface area contributed by atoms with Crippen LogP contribution in [0.4, 0.5) is 0 Å². The zero-order valence-electron chi connectivity index (χ0n) is 11.4. The van der Waals surface area contributed by atoms with Crippen molar-refractivity contribution in [2.45, 2.75) is 30.7 Å². The van der Waals surface area contributed by atoms with Gasteiger partial charge in [0.2, 0.25) is 0 Å². The lowest BCUT2D eigenvalue weighted by atomic mass is 10.2. The summed E-state index contributed by atoms with van der Waals surface area (Å²) < 4.78 is 5.01. The molecular weight excluding hydrogens is 276 g/mol. The molecule has 0 aliphatic rings. The van der Waals surface area contributed by atoms with Gasteiger partial charge in [0, 0.05) is 0 Å². The van der Waals surface area contributed by atoms with Crippen LogP contribution in [-0.2, 0) is 9.53 Å². The van der Waals surface area contributed by atoms with E-state index < -0.39 is 0 Å². The number of thioether (sulfide) groups is 1. The molecule has 2 rings (SSSR count). The molecule has 1 aromatic heterocycles. The molecule has 0 aliphatic heterocycles. The van der Waals surface area contributed by atoms with Crippen molar-refractivity contribution in [1.82, 2.24) is 9.97 Å². The summed E-state index contributed by atoms with van der Waals surface area (Å²) in [5.74, 6) is -0.282. The fourth-order valence-corrected chi connectivity index (χ4v) is 2.69. The van der Waals surface area contributed by atoms with E-state index in [1.165, 1.54) is 11.8 Å². The molecule has 0 bridgehead atoms. The molecule has 0 saturated carbocycles. The Kier molecular flexibility index (Phi) is 4.79. The van der Waals surface area contributed by atoms with Crippen LogP contribution in [0.2, 0.25) is 0 Å². The SMILES string of the molecule is CCOC(=O)C(CC)Sc1nc2ccccc2c(=O)[nH]1. The highest BCUT2D eigenvalue weighted by Crippen LogP contribution is 2.23. The number of carbonyl (C=O) groups excluding carboxylic acids is 1. The maximum absolute atomic E-state index is 11.9. The number of hydrogen-bond acceptors (Lipinski definition) is 5. The van der Waals surface area contributed by atoms with Gasteiger partial charge in [-0.25, -0.2) is 4.98 Å². The maximum atomic E-state index is 11.9. The maximum Gasteiger partial charge on any atom is 0.319 e. The molecule has 106 valence electrons. The summed E-state index contributed by atoms with van der Waals surface area (Å²) >= 11 is 1.22. The molecule has 0 fully saturated rings. The second-order valence-electron chi connectivity index (χ2n) is 4.16. The van der Waals surface area contributed by atoms with Crippen LogP contribution in [0.25, 0.3) is 10.9 Å². The van der Waals surface area contributed by atoms with Crippen LogP contribution < -0.4 is 5.56 Å². The van der Waals surface area contributed by atoms with Crippen molar-refractivity contribution in [3.8, 4) is 0 Å². The van der Waals surface area contributed by atoms with E-state index >= 15 is 0 Å². The first-order valence-electron chi connectivity index (χ1n) is 6.48. The number of nitrogens with zero attached hydrogens (tertiary/aromatic N) is 1. The van der Waals surface area contributed by atoms with E-state index in [2.05, 4.69) is 9.97 Å². The number of para-hydroxylation sites is 1. The highest BCUT2D eigenvalue weighted by molar-refractivity contribution is 8.00. The van der Waals surface area contributed by atoms with Gasteiger partial charge in [0.25, 0.3) is 5.56 Å². The number of benzene rings is 1. The van der Waals surface area contributed by atoms with Crippen molar-refractivity contribution in [3.05, 3.63) is 34.6 Å². The number of esters is 1. The first-order chi connectivity index (χ1) is 9.65. The number of carbonyl (C=O) groups is 1. The average molecular weight is 292 g/mol. The quantitative estimate of drug-likeness (QED) is 0.520. The van der Waals surface area contributed by atoms with Gasteiger partial charge in [-0.3, -0.25) is 9.59 Å². The van der Waals surface area contributed by atoms with Gasteiger partial charge in [0.15, 0.2) is 5.16 Å². The molecular formula is C14H16N2O3S. The third-order valence-electron chi connectivity index (χ3n) is 2.77. The highest BCUT2D eigenvalue weighted by Gasteiger charge is 2.20. The van der Waals surface area contributed by atoms with Crippen molar-refractivity contribution in [3.63, 3.8) is 0 Å². The summed E-state index contributed by atoms with van der Waals surface area (Å²) in [6, 6.07) is 7.11. The van der Waals surface area contributed by atoms with E-state index in [9.17, 15) is 9.59 Å². The first-order valence-corrected chi connectivity index (χ1v) is 7.36. The number of aromatic amines is 1. The third kappa shape index (κ3) is 3.19. The minimum Gasteiger partial charge on any atom is -0.465 e. The van der Waals surface area contributed by atoms with Crippen molar-refractivity contribution in [2.75, 3.05) is 6.61 Å². The highest BCUT2D eigenvalue weighted by atomic mass is 32.2. The first kappa shape index (κ1) is 14.6. The molecule has 0 radical (unpaired) electrons. The largest absolute Gasteiger partial charge is 0.465 e. The van der Waals surface area contributed by atoms with Gasteiger partial charge in [0.05, 0.1) is 17.5 Å². The zero-order chi connectivity index (χ0) is 14.5. The minimum absolute atomic E-state index is 0.197. The van der Waals surface area contributed by atoms with E-state index in [-0.39, 0.29) is 16.8 Å². The third-order valence-corrected chi connectivity index (χ3v) is 3.99. The van der Waals surface area contributed by atoms with Crippen LogP contribution in [0, 0.1) is 0 Å². The van der Waals surface area contributed by atoms with Crippen molar-refractivity contribution < 1.29 is 9.53 Å². The monoisotopic (exact) mass is 292 g/mol. The van der Waals surface area contributed by atoms with E-state index in [4.69, 9.17) is 4.74 Å². The topological polar surface area (TPSA) is 72.0 Å². The molecule has 1 unspecified atom stereocenters. The standard InChI is InChI=1S/C14H16N2O3S/c1-3-11(13(18)19-4-2)20-14-15-10-8-6-5-7-9(10)12(17)16-14/h5-8,11H,3-4H2,1-2H3,(H,15,16,17). The molecule has 0 amide bonds. The Balaban J connectivity index is 2.29. The Labute approximate surface area is 120 Å². The molecule has 2 aromatic rings. The van der Waals surface area contributed by atoms with E-state index in [1.54, 1.807) is 25.1 Å². The zero-order valence-corrected chi connectivity index (χ0v) is 12.2. The van der Waals surface area contributed by atoms with Gasteiger partial charge in [-0.2, -0.15) is 0 Å². The number of hydrogen-bond donors (Lipinski definition) is 1. The number of nitrogens with one attached hydrogen (secondary N) is 1. The van der Waals surface area contributed by atoms with Gasteiger partial charge in [-0.1, -0.05) is 30.8 Å². The number of H-pyrrole nitrogens is 1. The average Bonchev–Trinajstić information content (AvgIpc) is 2.45. The molecule has 1 heterocycles. The lowest BCUT2D eigenvalue weighted by Crippen LogP contribution is -2.20. The summed E-state index contributed by atoms with van der Waals surface area (Å²) in [5.41, 5.74) is 0.425. The van der Waals surface area contributed by atoms with Gasteiger partial charge >= 0.3 is 5.97 Å². The van der Waals surface area contributed by atoms with Gasteiger partial charge in [0.1, 0.15) is 5.25 Å². The summed E-state index contributed by atoms with van der Waals surface area (Å²) in [5, 5.41) is 0.619. The molecule has 1 aromatic carbocycles. The van der Waals surface area contributed by atoms with Crippen molar-refractivity contribution >= 4 is 28.6 Å². The fourth-order valence-electron chi connectivity index (χ4n) is 1.79. The molecule has 0 spiro atoms. The molecule has 0 aliphatic carbocycles. The smallest absolute Gasteiger partial charge is 0.319 e. The van der Waals surface area contributed by atoms with Crippen LogP contribution in [0.15, 0.2) is 34.2 Å². The van der Waals surface area contributed by atoms with E-state index in [0.717, 1.165) is 0 Å². The molecule has 20 heavy (non-hydrogen) atoms. The van der Waals surface area contributed by atoms with Crippen LogP contribution in [0.5, 0.6) is 0 Å². The summed E-state index contributed by atoms with van der Waals surface area (Å²) in [6.07, 6.45) is 0.611. The number of ether oxygens (including phenoxy) is 1. The predicted molar refractivity (Wildman–Crippen MR) is 78.9 cm³/mol. The Hall–Kier alpha value is -1.82. The predicted octanol–water partition coefficient (Wildman–Crippen LogP) is 2.36. The molecule has 6 heteroatoms. The van der Waals surface area contributed by atoms with Crippen LogP contribution in [-0.4, -0.2) is 27.8 Å². The van der Waals surface area contributed by atoms with Crippen molar-refractivity contribution in [2.24, 2.45) is 0 Å². The van der Waals surface area contributed by atoms with E-state index in [0.29, 0.717) is 29.1 Å². The van der Waals surface area contributed by atoms with Gasteiger partial charge < -0.3 is 9.72 Å². The Morgan fingerprint density at radius 3 is 2.85 bits per heavy atom. The van der Waals surface area contributed by atoms with E-state index in [1.807, 2.05) is 13.0 Å². The van der Waals surface area contributed by atoms with Crippen LogP contribution >= 0.6 is 11.8 Å². The second kappa shape index (κ2) is 6.56. The Morgan fingerprint density at radius 1 is 1.40 bits per heavy atom. The summed E-state index contributed by atoms with van der Waals surface area (Å²) in [7, 11) is 0. The van der Waals surface area contributed by atoms with Gasteiger partial charge in [-0.05, 0) is 25.5 Å². The summed E-state index contributed by atoms with van der Waals surface area (Å²) in [4.78, 5) is 30.8. The summed E-state index contributed by atoms with van der Waals surface area (Å²) in [6.45, 7) is 4.01. The molecule has 5 nitrogen and oxygen atoms in total. The number of fused-ring (bicyclic) bond motifs is 1. The van der Waals surface area contributed by atoms with Crippen molar-refractivity contribution in [1.29, 1.82) is 0 Å². The Morgan fingerprint density at radius 2 is 2.15 bits per heavy atom. The fraction of sp³-hybridized carbons (Fsp3) is 0.357. The normalized spacial score (nSPS) is 12.3. The lowest BCUT2D eigenvalue weighted by Gasteiger charge is -2.12.